The molecule has 0 spiro atoms. The Hall–Kier alpha value is -0.920. The van der Waals surface area contributed by atoms with Gasteiger partial charge in [-0.3, -0.25) is 4.68 Å². The SMILES string of the molecule is CC1CCCCN1S(=O)(=O)c1cnn(CCO)c1. The summed E-state index contributed by atoms with van der Waals surface area (Å²) in [4.78, 5) is 0.213. The van der Waals surface area contributed by atoms with Crippen LogP contribution < -0.4 is 0 Å². The monoisotopic (exact) mass is 273 g/mol. The molecule has 1 aliphatic rings. The fraction of sp³-hybridized carbons (Fsp3) is 0.727. The highest BCUT2D eigenvalue weighted by Crippen LogP contribution is 2.24. The number of rotatable bonds is 4. The molecule has 1 N–H and O–H groups in total. The van der Waals surface area contributed by atoms with Crippen molar-refractivity contribution in [1.29, 1.82) is 0 Å². The van der Waals surface area contributed by atoms with Gasteiger partial charge in [0, 0.05) is 18.8 Å². The number of hydrogen-bond acceptors (Lipinski definition) is 4. The van der Waals surface area contributed by atoms with E-state index in [9.17, 15) is 8.42 Å². The van der Waals surface area contributed by atoms with Gasteiger partial charge in [-0.15, -0.1) is 0 Å². The van der Waals surface area contributed by atoms with Crippen molar-refractivity contribution < 1.29 is 13.5 Å². The first-order chi connectivity index (χ1) is 8.55. The van der Waals surface area contributed by atoms with Crippen molar-refractivity contribution in [3.05, 3.63) is 12.4 Å². The first kappa shape index (κ1) is 13.5. The van der Waals surface area contributed by atoms with Gasteiger partial charge in [-0.25, -0.2) is 8.42 Å². The van der Waals surface area contributed by atoms with E-state index in [4.69, 9.17) is 5.11 Å². The fourth-order valence-electron chi connectivity index (χ4n) is 2.27. The molecule has 1 aliphatic heterocycles. The highest BCUT2D eigenvalue weighted by molar-refractivity contribution is 7.89. The summed E-state index contributed by atoms with van der Waals surface area (Å²) in [6, 6.07) is 0.0462. The quantitative estimate of drug-likeness (QED) is 0.863. The van der Waals surface area contributed by atoms with E-state index in [1.54, 1.807) is 4.31 Å². The van der Waals surface area contributed by atoms with Crippen LogP contribution in [0, 0.1) is 0 Å². The molecule has 1 saturated heterocycles. The van der Waals surface area contributed by atoms with Crippen LogP contribution in [0.4, 0.5) is 0 Å². The lowest BCUT2D eigenvalue weighted by Crippen LogP contribution is -2.41. The summed E-state index contributed by atoms with van der Waals surface area (Å²) in [7, 11) is -3.44. The van der Waals surface area contributed by atoms with E-state index >= 15 is 0 Å². The smallest absolute Gasteiger partial charge is 0.246 e. The molecule has 1 unspecified atom stereocenters. The van der Waals surface area contributed by atoms with Gasteiger partial charge >= 0.3 is 0 Å². The Kier molecular flexibility index (Phi) is 4.04. The van der Waals surface area contributed by atoms with Crippen LogP contribution in [0.3, 0.4) is 0 Å². The third kappa shape index (κ3) is 2.57. The number of piperidine rings is 1. The maximum absolute atomic E-state index is 12.4. The minimum atomic E-state index is -3.44. The van der Waals surface area contributed by atoms with Crippen LogP contribution in [0.5, 0.6) is 0 Å². The van der Waals surface area contributed by atoms with E-state index in [2.05, 4.69) is 5.10 Å². The van der Waals surface area contributed by atoms with E-state index in [0.29, 0.717) is 13.1 Å². The number of hydrogen-bond donors (Lipinski definition) is 1. The van der Waals surface area contributed by atoms with Crippen molar-refractivity contribution in [3.8, 4) is 0 Å². The van der Waals surface area contributed by atoms with Gasteiger partial charge < -0.3 is 5.11 Å². The predicted molar refractivity (Wildman–Crippen MR) is 66.5 cm³/mol. The summed E-state index contributed by atoms with van der Waals surface area (Å²) < 4.78 is 27.8. The lowest BCUT2D eigenvalue weighted by molar-refractivity contribution is 0.267. The normalized spacial score (nSPS) is 22.2. The van der Waals surface area contributed by atoms with Crippen molar-refractivity contribution in [1.82, 2.24) is 14.1 Å². The maximum Gasteiger partial charge on any atom is 0.246 e. The zero-order chi connectivity index (χ0) is 13.2. The second-order valence-electron chi connectivity index (χ2n) is 4.62. The standard InChI is InChI=1S/C11H19N3O3S/c1-10-4-2-3-5-14(10)18(16,17)11-8-12-13(9-11)6-7-15/h8-10,15H,2-7H2,1H3. The summed E-state index contributed by atoms with van der Waals surface area (Å²) in [5.74, 6) is 0. The summed E-state index contributed by atoms with van der Waals surface area (Å²) in [6.07, 6.45) is 5.73. The zero-order valence-electron chi connectivity index (χ0n) is 10.5. The first-order valence-corrected chi connectivity index (χ1v) is 7.65. The Morgan fingerprint density at radius 1 is 1.50 bits per heavy atom. The van der Waals surface area contributed by atoms with Crippen LogP contribution in [-0.2, 0) is 16.6 Å². The molecule has 1 aromatic rings. The largest absolute Gasteiger partial charge is 0.394 e. The first-order valence-electron chi connectivity index (χ1n) is 6.21. The average molecular weight is 273 g/mol. The summed E-state index contributed by atoms with van der Waals surface area (Å²) >= 11 is 0. The predicted octanol–water partition coefficient (Wildman–Crippen LogP) is 0.438. The van der Waals surface area contributed by atoms with Crippen LogP contribution in [0.15, 0.2) is 17.3 Å². The molecule has 1 fully saturated rings. The number of sulfonamides is 1. The van der Waals surface area contributed by atoms with Gasteiger partial charge in [-0.05, 0) is 19.8 Å². The summed E-state index contributed by atoms with van der Waals surface area (Å²) in [5.41, 5.74) is 0. The van der Waals surface area contributed by atoms with Crippen LogP contribution in [0.1, 0.15) is 26.2 Å². The molecule has 0 saturated carbocycles. The van der Waals surface area contributed by atoms with E-state index in [1.807, 2.05) is 6.92 Å². The van der Waals surface area contributed by atoms with Crippen LogP contribution in [-0.4, -0.2) is 46.8 Å². The topological polar surface area (TPSA) is 75.4 Å². The van der Waals surface area contributed by atoms with Gasteiger partial charge in [-0.1, -0.05) is 6.42 Å². The number of aromatic nitrogens is 2. The molecule has 7 heteroatoms. The van der Waals surface area contributed by atoms with Gasteiger partial charge in [0.2, 0.25) is 10.0 Å². The van der Waals surface area contributed by atoms with Gasteiger partial charge in [0.25, 0.3) is 0 Å². The molecule has 2 rings (SSSR count). The molecule has 2 heterocycles. The highest BCUT2D eigenvalue weighted by Gasteiger charge is 2.31. The lowest BCUT2D eigenvalue weighted by Gasteiger charge is -2.31. The number of nitrogens with zero attached hydrogens (tertiary/aromatic N) is 3. The minimum Gasteiger partial charge on any atom is -0.394 e. The summed E-state index contributed by atoms with van der Waals surface area (Å²) in [6.45, 7) is 2.77. The Morgan fingerprint density at radius 3 is 2.94 bits per heavy atom. The van der Waals surface area contributed by atoms with Crippen molar-refractivity contribution in [2.45, 2.75) is 43.7 Å². The second-order valence-corrected chi connectivity index (χ2v) is 6.51. The average Bonchev–Trinajstić information content (AvgIpc) is 2.79. The van der Waals surface area contributed by atoms with E-state index in [1.165, 1.54) is 17.1 Å². The van der Waals surface area contributed by atoms with Crippen molar-refractivity contribution >= 4 is 10.0 Å². The zero-order valence-corrected chi connectivity index (χ0v) is 11.3. The molecular formula is C11H19N3O3S. The number of aliphatic hydroxyl groups is 1. The molecular weight excluding hydrogens is 254 g/mol. The van der Waals surface area contributed by atoms with E-state index in [0.717, 1.165) is 19.3 Å². The lowest BCUT2D eigenvalue weighted by atomic mass is 10.1. The molecule has 0 aromatic carbocycles. The highest BCUT2D eigenvalue weighted by atomic mass is 32.2. The van der Waals surface area contributed by atoms with Gasteiger partial charge in [0.05, 0.1) is 19.3 Å². The molecule has 1 atom stereocenters. The minimum absolute atomic E-state index is 0.0462. The maximum atomic E-state index is 12.4. The molecule has 102 valence electrons. The Morgan fingerprint density at radius 2 is 2.28 bits per heavy atom. The van der Waals surface area contributed by atoms with Crippen molar-refractivity contribution in [2.24, 2.45) is 0 Å². The Labute approximate surface area is 107 Å². The summed E-state index contributed by atoms with van der Waals surface area (Å²) in [5, 5.41) is 12.7. The van der Waals surface area contributed by atoms with Crippen molar-refractivity contribution in [3.63, 3.8) is 0 Å². The van der Waals surface area contributed by atoms with E-state index < -0.39 is 10.0 Å². The molecule has 0 bridgehead atoms. The van der Waals surface area contributed by atoms with Crippen LogP contribution in [0.2, 0.25) is 0 Å². The van der Waals surface area contributed by atoms with Gasteiger partial charge in [-0.2, -0.15) is 9.40 Å². The third-order valence-corrected chi connectivity index (χ3v) is 5.25. The second kappa shape index (κ2) is 5.38. The molecule has 6 nitrogen and oxygen atoms in total. The van der Waals surface area contributed by atoms with Gasteiger partial charge in [0.15, 0.2) is 0 Å². The fourth-order valence-corrected chi connectivity index (χ4v) is 3.92. The van der Waals surface area contributed by atoms with Crippen LogP contribution in [0.25, 0.3) is 0 Å². The molecule has 0 aliphatic carbocycles. The van der Waals surface area contributed by atoms with E-state index in [-0.39, 0.29) is 17.5 Å². The molecule has 18 heavy (non-hydrogen) atoms. The van der Waals surface area contributed by atoms with Crippen LogP contribution >= 0.6 is 0 Å². The third-order valence-electron chi connectivity index (χ3n) is 3.29. The van der Waals surface area contributed by atoms with Gasteiger partial charge in [0.1, 0.15) is 4.90 Å². The number of aliphatic hydroxyl groups excluding tert-OH is 1. The molecule has 1 aromatic heterocycles. The van der Waals surface area contributed by atoms with Crippen molar-refractivity contribution in [2.75, 3.05) is 13.2 Å². The molecule has 0 radical (unpaired) electrons. The Bertz CT molecular complexity index is 497. The Balaban J connectivity index is 2.23. The molecule has 0 amide bonds.